The van der Waals surface area contributed by atoms with Gasteiger partial charge in [-0.2, -0.15) is 9.40 Å². The van der Waals surface area contributed by atoms with Gasteiger partial charge in [-0.1, -0.05) is 0 Å². The van der Waals surface area contributed by atoms with Crippen molar-refractivity contribution in [2.75, 3.05) is 13.7 Å². The second-order valence-electron chi connectivity index (χ2n) is 4.08. The number of carbonyl (C=O) groups is 1. The number of aromatic nitrogens is 2. The van der Waals surface area contributed by atoms with Gasteiger partial charge in [0.05, 0.1) is 19.0 Å². The second-order valence-corrected chi connectivity index (χ2v) is 5.94. The molecule has 0 aliphatic heterocycles. The number of hydrogen-bond donors (Lipinski definition) is 1. The van der Waals surface area contributed by atoms with Gasteiger partial charge in [0.25, 0.3) is 0 Å². The molecule has 0 saturated carbocycles. The molecule has 0 radical (unpaired) electrons. The molecule has 0 aliphatic rings. The number of rotatable bonds is 5. The summed E-state index contributed by atoms with van der Waals surface area (Å²) in [4.78, 5) is 11.3. The molecular formula is C10H17N3O4S. The Morgan fingerprint density at radius 1 is 1.56 bits per heavy atom. The van der Waals surface area contributed by atoms with Crippen molar-refractivity contribution in [2.24, 2.45) is 0 Å². The first-order chi connectivity index (χ1) is 8.30. The molecule has 0 unspecified atom stereocenters. The number of aromatic amines is 1. The SMILES string of the molecule is COC(=O)CN(C(C)C)S(=O)(=O)c1cn[nH]c1C. The van der Waals surface area contributed by atoms with Crippen LogP contribution < -0.4 is 0 Å². The second kappa shape index (κ2) is 5.49. The third-order valence-electron chi connectivity index (χ3n) is 2.46. The molecule has 1 N–H and O–H groups in total. The van der Waals surface area contributed by atoms with Crippen molar-refractivity contribution in [1.82, 2.24) is 14.5 Å². The lowest BCUT2D eigenvalue weighted by atomic mass is 10.4. The van der Waals surface area contributed by atoms with Gasteiger partial charge in [-0.15, -0.1) is 0 Å². The molecule has 1 rings (SSSR count). The fraction of sp³-hybridized carbons (Fsp3) is 0.600. The van der Waals surface area contributed by atoms with E-state index in [1.54, 1.807) is 20.8 Å². The van der Waals surface area contributed by atoms with Crippen LogP contribution in [0, 0.1) is 6.92 Å². The van der Waals surface area contributed by atoms with Crippen LogP contribution in [-0.4, -0.2) is 48.6 Å². The van der Waals surface area contributed by atoms with E-state index in [-0.39, 0.29) is 17.5 Å². The smallest absolute Gasteiger partial charge is 0.321 e. The van der Waals surface area contributed by atoms with Crippen LogP contribution in [0.25, 0.3) is 0 Å². The van der Waals surface area contributed by atoms with Gasteiger partial charge in [0.2, 0.25) is 10.0 Å². The standard InChI is InChI=1S/C10H17N3O4S/c1-7(2)13(6-10(14)17-4)18(15,16)9-5-11-12-8(9)3/h5,7H,6H2,1-4H3,(H,11,12). The summed E-state index contributed by atoms with van der Waals surface area (Å²) in [6.45, 7) is 4.67. The van der Waals surface area contributed by atoms with E-state index in [0.29, 0.717) is 5.69 Å². The van der Waals surface area contributed by atoms with Gasteiger partial charge < -0.3 is 4.74 Å². The molecule has 18 heavy (non-hydrogen) atoms. The predicted octanol–water partition coefficient (Wildman–Crippen LogP) is 0.290. The predicted molar refractivity (Wildman–Crippen MR) is 64.4 cm³/mol. The van der Waals surface area contributed by atoms with Crippen molar-refractivity contribution in [3.05, 3.63) is 11.9 Å². The molecule has 1 aromatic heterocycles. The van der Waals surface area contributed by atoms with Crippen LogP contribution in [0.5, 0.6) is 0 Å². The van der Waals surface area contributed by atoms with Crippen molar-refractivity contribution in [2.45, 2.75) is 31.7 Å². The molecule has 1 aromatic rings. The quantitative estimate of drug-likeness (QED) is 0.780. The van der Waals surface area contributed by atoms with E-state index in [1.807, 2.05) is 0 Å². The number of sulfonamides is 1. The summed E-state index contributed by atoms with van der Waals surface area (Å²) in [7, 11) is -2.54. The molecule has 0 aromatic carbocycles. The topological polar surface area (TPSA) is 92.4 Å². The first-order valence-corrected chi connectivity index (χ1v) is 6.83. The third-order valence-corrected chi connectivity index (χ3v) is 4.59. The van der Waals surface area contributed by atoms with Crippen molar-refractivity contribution in [3.8, 4) is 0 Å². The number of ether oxygens (including phenoxy) is 1. The maximum Gasteiger partial charge on any atom is 0.321 e. The summed E-state index contributed by atoms with van der Waals surface area (Å²) >= 11 is 0. The van der Waals surface area contributed by atoms with Crippen molar-refractivity contribution >= 4 is 16.0 Å². The molecule has 0 aliphatic carbocycles. The van der Waals surface area contributed by atoms with Crippen LogP contribution in [0.2, 0.25) is 0 Å². The van der Waals surface area contributed by atoms with Gasteiger partial charge in [0.15, 0.2) is 0 Å². The summed E-state index contributed by atoms with van der Waals surface area (Å²) in [5.41, 5.74) is 0.436. The average molecular weight is 275 g/mol. The largest absolute Gasteiger partial charge is 0.468 e. The number of carbonyl (C=O) groups excluding carboxylic acids is 1. The van der Waals surface area contributed by atoms with E-state index >= 15 is 0 Å². The van der Waals surface area contributed by atoms with Gasteiger partial charge in [-0.05, 0) is 20.8 Å². The van der Waals surface area contributed by atoms with E-state index in [4.69, 9.17) is 0 Å². The number of aryl methyl sites for hydroxylation is 1. The van der Waals surface area contributed by atoms with Gasteiger partial charge in [0.1, 0.15) is 11.4 Å². The lowest BCUT2D eigenvalue weighted by Gasteiger charge is -2.24. The molecule has 102 valence electrons. The molecule has 0 saturated heterocycles. The highest BCUT2D eigenvalue weighted by atomic mass is 32.2. The highest BCUT2D eigenvalue weighted by molar-refractivity contribution is 7.89. The summed E-state index contributed by atoms with van der Waals surface area (Å²) in [6, 6.07) is -0.358. The first-order valence-electron chi connectivity index (χ1n) is 5.39. The van der Waals surface area contributed by atoms with E-state index < -0.39 is 16.0 Å². The molecule has 0 atom stereocenters. The molecule has 7 nitrogen and oxygen atoms in total. The molecule has 0 fully saturated rings. The zero-order chi connectivity index (χ0) is 13.9. The minimum atomic E-state index is -3.75. The number of H-pyrrole nitrogens is 1. The normalized spacial score (nSPS) is 12.1. The zero-order valence-electron chi connectivity index (χ0n) is 10.8. The Labute approximate surface area is 106 Å². The van der Waals surface area contributed by atoms with Crippen molar-refractivity contribution < 1.29 is 17.9 Å². The number of methoxy groups -OCH3 is 1. The molecule has 0 spiro atoms. The molecule has 0 amide bonds. The Kier molecular flexibility index (Phi) is 4.47. The van der Waals surface area contributed by atoms with Crippen molar-refractivity contribution in [3.63, 3.8) is 0 Å². The van der Waals surface area contributed by atoms with Gasteiger partial charge in [0, 0.05) is 6.04 Å². The highest BCUT2D eigenvalue weighted by Crippen LogP contribution is 2.19. The molecule has 8 heteroatoms. The van der Waals surface area contributed by atoms with E-state index in [1.165, 1.54) is 13.3 Å². The van der Waals surface area contributed by atoms with Crippen LogP contribution in [-0.2, 0) is 19.6 Å². The lowest BCUT2D eigenvalue weighted by Crippen LogP contribution is -2.41. The van der Waals surface area contributed by atoms with Crippen LogP contribution in [0.4, 0.5) is 0 Å². The molecular weight excluding hydrogens is 258 g/mol. The van der Waals surface area contributed by atoms with Crippen LogP contribution in [0.15, 0.2) is 11.1 Å². The fourth-order valence-electron chi connectivity index (χ4n) is 1.46. The number of nitrogens with zero attached hydrogens (tertiary/aromatic N) is 2. The summed E-state index contributed by atoms with van der Waals surface area (Å²) in [5, 5.41) is 6.25. The third kappa shape index (κ3) is 2.88. The van der Waals surface area contributed by atoms with E-state index in [2.05, 4.69) is 14.9 Å². The summed E-state index contributed by atoms with van der Waals surface area (Å²) in [5.74, 6) is -0.603. The summed E-state index contributed by atoms with van der Waals surface area (Å²) in [6.07, 6.45) is 1.23. The Balaban J connectivity index is 3.13. The minimum Gasteiger partial charge on any atom is -0.468 e. The number of esters is 1. The monoisotopic (exact) mass is 275 g/mol. The van der Waals surface area contributed by atoms with E-state index in [9.17, 15) is 13.2 Å². The lowest BCUT2D eigenvalue weighted by molar-refractivity contribution is -0.141. The Morgan fingerprint density at radius 2 is 2.17 bits per heavy atom. The fourth-order valence-corrected chi connectivity index (χ4v) is 3.16. The average Bonchev–Trinajstić information content (AvgIpc) is 2.71. The Hall–Kier alpha value is -1.41. The number of hydrogen-bond acceptors (Lipinski definition) is 5. The first kappa shape index (κ1) is 14.7. The van der Waals surface area contributed by atoms with Crippen LogP contribution >= 0.6 is 0 Å². The van der Waals surface area contributed by atoms with E-state index in [0.717, 1.165) is 4.31 Å². The number of nitrogens with one attached hydrogen (secondary N) is 1. The van der Waals surface area contributed by atoms with Crippen molar-refractivity contribution in [1.29, 1.82) is 0 Å². The van der Waals surface area contributed by atoms with Crippen LogP contribution in [0.3, 0.4) is 0 Å². The maximum atomic E-state index is 12.4. The molecule has 0 bridgehead atoms. The highest BCUT2D eigenvalue weighted by Gasteiger charge is 2.31. The minimum absolute atomic E-state index is 0.0695. The van der Waals surface area contributed by atoms with Gasteiger partial charge >= 0.3 is 5.97 Å². The van der Waals surface area contributed by atoms with Gasteiger partial charge in [-0.25, -0.2) is 8.42 Å². The Morgan fingerprint density at radius 3 is 2.56 bits per heavy atom. The maximum absolute atomic E-state index is 12.4. The van der Waals surface area contributed by atoms with Gasteiger partial charge in [-0.3, -0.25) is 9.89 Å². The molecule has 1 heterocycles. The Bertz CT molecular complexity index is 521. The summed E-state index contributed by atoms with van der Waals surface area (Å²) < 4.78 is 30.3. The van der Waals surface area contributed by atoms with Crippen LogP contribution in [0.1, 0.15) is 19.5 Å². The zero-order valence-corrected chi connectivity index (χ0v) is 11.6.